The normalized spacial score (nSPS) is 38.5. The fraction of sp³-hybridized carbons (Fsp3) is 0.789. The quantitative estimate of drug-likeness (QED) is 0.448. The molecule has 5 heteroatoms. The Bertz CT molecular complexity index is 524. The average molecular weight is 338 g/mol. The van der Waals surface area contributed by atoms with Gasteiger partial charge in [0.1, 0.15) is 18.3 Å². The number of carbonyl (C=O) groups excluding carboxylic acids is 2. The average Bonchev–Trinajstić information content (AvgIpc) is 3.07. The predicted molar refractivity (Wildman–Crippen MR) is 90.3 cm³/mol. The van der Waals surface area contributed by atoms with Crippen LogP contribution in [0, 0.1) is 11.8 Å². The van der Waals surface area contributed by atoms with E-state index in [4.69, 9.17) is 14.2 Å². The first-order valence-corrected chi connectivity index (χ1v) is 8.82. The molecule has 5 nitrogen and oxygen atoms in total. The molecule has 0 bridgehead atoms. The van der Waals surface area contributed by atoms with Gasteiger partial charge in [0, 0.05) is 26.2 Å². The number of rotatable bonds is 3. The van der Waals surface area contributed by atoms with Crippen molar-refractivity contribution in [3.63, 3.8) is 0 Å². The second kappa shape index (κ2) is 7.26. The van der Waals surface area contributed by atoms with Gasteiger partial charge in [0.25, 0.3) is 0 Å². The van der Waals surface area contributed by atoms with E-state index in [1.807, 2.05) is 0 Å². The summed E-state index contributed by atoms with van der Waals surface area (Å²) in [5.41, 5.74) is 0.915. The van der Waals surface area contributed by atoms with Gasteiger partial charge in [-0.25, -0.2) is 0 Å². The van der Waals surface area contributed by atoms with Gasteiger partial charge in [0.15, 0.2) is 0 Å². The van der Waals surface area contributed by atoms with Crippen LogP contribution in [0.5, 0.6) is 0 Å². The Morgan fingerprint density at radius 3 is 2.42 bits per heavy atom. The Morgan fingerprint density at radius 2 is 1.88 bits per heavy atom. The summed E-state index contributed by atoms with van der Waals surface area (Å²) in [7, 11) is 0. The van der Waals surface area contributed by atoms with Crippen LogP contribution in [0.2, 0.25) is 0 Å². The van der Waals surface area contributed by atoms with Gasteiger partial charge in [0.05, 0.1) is 5.60 Å². The second-order valence-electron chi connectivity index (χ2n) is 7.69. The summed E-state index contributed by atoms with van der Waals surface area (Å²) >= 11 is 0. The number of fused-ring (bicyclic) bond motifs is 1. The maximum absolute atomic E-state index is 11.7. The van der Waals surface area contributed by atoms with Crippen LogP contribution in [0.1, 0.15) is 60.8 Å². The van der Waals surface area contributed by atoms with E-state index >= 15 is 0 Å². The lowest BCUT2D eigenvalue weighted by Gasteiger charge is -2.36. The molecule has 0 N–H and O–H groups in total. The molecule has 2 aliphatic rings. The highest BCUT2D eigenvalue weighted by molar-refractivity contribution is 5.67. The largest absolute Gasteiger partial charge is 0.462 e. The van der Waals surface area contributed by atoms with E-state index in [0.717, 1.165) is 12.8 Å². The van der Waals surface area contributed by atoms with E-state index in [-0.39, 0.29) is 41.6 Å². The number of ether oxygens (including phenoxy) is 3. The first-order valence-electron chi connectivity index (χ1n) is 8.82. The molecule has 136 valence electrons. The number of esters is 2. The van der Waals surface area contributed by atoms with Crippen LogP contribution in [0.15, 0.2) is 11.6 Å². The molecule has 0 aromatic carbocycles. The van der Waals surface area contributed by atoms with Gasteiger partial charge in [-0.1, -0.05) is 25.5 Å². The van der Waals surface area contributed by atoms with E-state index in [1.54, 1.807) is 0 Å². The van der Waals surface area contributed by atoms with Gasteiger partial charge in [0.2, 0.25) is 0 Å². The molecule has 1 saturated heterocycles. The van der Waals surface area contributed by atoms with Crippen molar-refractivity contribution in [3.8, 4) is 0 Å². The molecule has 0 amide bonds. The van der Waals surface area contributed by atoms with Crippen molar-refractivity contribution < 1.29 is 23.8 Å². The monoisotopic (exact) mass is 338 g/mol. The zero-order valence-electron chi connectivity index (χ0n) is 15.6. The first-order chi connectivity index (χ1) is 11.1. The van der Waals surface area contributed by atoms with E-state index in [2.05, 4.69) is 33.8 Å². The molecule has 0 aromatic rings. The van der Waals surface area contributed by atoms with E-state index < -0.39 is 6.10 Å². The van der Waals surface area contributed by atoms with Crippen molar-refractivity contribution in [2.45, 2.75) is 84.7 Å². The van der Waals surface area contributed by atoms with Crippen LogP contribution in [-0.2, 0) is 23.8 Å². The molecule has 1 aliphatic heterocycles. The smallest absolute Gasteiger partial charge is 0.303 e. The van der Waals surface area contributed by atoms with Gasteiger partial charge in [-0.05, 0) is 32.6 Å². The summed E-state index contributed by atoms with van der Waals surface area (Å²) in [6, 6.07) is 0. The third kappa shape index (κ3) is 4.38. The SMILES string of the molecule is CC(=O)O[C@@H]1[C@H](C(C)C)[C@H](OC(C)=O)C/C(C)=C/CC[C@@]2(C)O[C@H]12. The minimum absolute atomic E-state index is 0.105. The molecule has 0 aromatic heterocycles. The van der Waals surface area contributed by atoms with Crippen LogP contribution in [0.25, 0.3) is 0 Å². The molecule has 5 atom stereocenters. The van der Waals surface area contributed by atoms with Gasteiger partial charge in [-0.3, -0.25) is 9.59 Å². The summed E-state index contributed by atoms with van der Waals surface area (Å²) in [4.78, 5) is 23.3. The van der Waals surface area contributed by atoms with Crippen LogP contribution >= 0.6 is 0 Å². The zero-order valence-corrected chi connectivity index (χ0v) is 15.6. The highest BCUT2D eigenvalue weighted by Crippen LogP contribution is 2.48. The molecule has 1 heterocycles. The number of epoxide rings is 1. The van der Waals surface area contributed by atoms with E-state index in [9.17, 15) is 9.59 Å². The molecular formula is C19H30O5. The number of hydrogen-bond acceptors (Lipinski definition) is 5. The molecule has 2 rings (SSSR count). The summed E-state index contributed by atoms with van der Waals surface area (Å²) in [6.07, 6.45) is 3.80. The molecule has 0 radical (unpaired) electrons. The number of hydrogen-bond donors (Lipinski definition) is 0. The van der Waals surface area contributed by atoms with Crippen molar-refractivity contribution in [1.29, 1.82) is 0 Å². The topological polar surface area (TPSA) is 65.1 Å². The van der Waals surface area contributed by atoms with Gasteiger partial charge >= 0.3 is 11.9 Å². The summed E-state index contributed by atoms with van der Waals surface area (Å²) in [5, 5.41) is 0. The summed E-state index contributed by atoms with van der Waals surface area (Å²) in [5.74, 6) is -0.559. The Morgan fingerprint density at radius 1 is 1.25 bits per heavy atom. The molecule has 24 heavy (non-hydrogen) atoms. The van der Waals surface area contributed by atoms with Crippen LogP contribution in [0.4, 0.5) is 0 Å². The van der Waals surface area contributed by atoms with Crippen LogP contribution in [-0.4, -0.2) is 35.9 Å². The van der Waals surface area contributed by atoms with E-state index in [1.165, 1.54) is 19.4 Å². The summed E-state index contributed by atoms with van der Waals surface area (Å²) in [6.45, 7) is 11.1. The molecule has 0 saturated carbocycles. The van der Waals surface area contributed by atoms with Crippen molar-refractivity contribution in [2.24, 2.45) is 11.8 Å². The second-order valence-corrected chi connectivity index (χ2v) is 7.69. The maximum Gasteiger partial charge on any atom is 0.303 e. The molecule has 0 spiro atoms. The highest BCUT2D eigenvalue weighted by Gasteiger charge is 2.60. The standard InChI is InChI=1S/C19H30O5/c1-11(2)16-15(22-13(4)20)10-12(3)8-7-9-19(6)18(24-19)17(16)23-14(5)21/h8,11,15-18H,7,9-10H2,1-6H3/b12-8+/t15-,16-,17-,18-,19-/m1/s1. The summed E-state index contributed by atoms with van der Waals surface area (Å²) < 4.78 is 17.3. The Kier molecular flexibility index (Phi) is 5.74. The Balaban J connectivity index is 2.40. The Hall–Kier alpha value is -1.36. The third-order valence-corrected chi connectivity index (χ3v) is 5.09. The number of allylic oxidation sites excluding steroid dienone is 1. The van der Waals surface area contributed by atoms with Crippen molar-refractivity contribution in [1.82, 2.24) is 0 Å². The lowest BCUT2D eigenvalue weighted by Crippen LogP contribution is -2.45. The fourth-order valence-electron chi connectivity index (χ4n) is 3.90. The maximum atomic E-state index is 11.7. The van der Waals surface area contributed by atoms with Gasteiger partial charge < -0.3 is 14.2 Å². The van der Waals surface area contributed by atoms with E-state index in [0.29, 0.717) is 6.42 Å². The molecular weight excluding hydrogens is 308 g/mol. The lowest BCUT2D eigenvalue weighted by molar-refractivity contribution is -0.163. The highest BCUT2D eigenvalue weighted by atomic mass is 16.6. The van der Waals surface area contributed by atoms with Crippen molar-refractivity contribution >= 4 is 11.9 Å². The van der Waals surface area contributed by atoms with Crippen molar-refractivity contribution in [3.05, 3.63) is 11.6 Å². The molecule has 1 fully saturated rings. The Labute approximate surface area is 144 Å². The zero-order chi connectivity index (χ0) is 18.1. The third-order valence-electron chi connectivity index (χ3n) is 5.09. The minimum atomic E-state index is -0.400. The van der Waals surface area contributed by atoms with Gasteiger partial charge in [-0.15, -0.1) is 0 Å². The van der Waals surface area contributed by atoms with Crippen LogP contribution < -0.4 is 0 Å². The van der Waals surface area contributed by atoms with Gasteiger partial charge in [-0.2, -0.15) is 0 Å². The predicted octanol–water partition coefficient (Wildman–Crippen LogP) is 3.41. The molecule has 1 aliphatic carbocycles. The number of carbonyl (C=O) groups is 2. The first kappa shape index (κ1) is 19.0. The lowest BCUT2D eigenvalue weighted by atomic mass is 9.78. The fourth-order valence-corrected chi connectivity index (χ4v) is 3.90. The van der Waals surface area contributed by atoms with Crippen molar-refractivity contribution in [2.75, 3.05) is 0 Å². The molecule has 0 unspecified atom stereocenters. The van der Waals surface area contributed by atoms with Crippen LogP contribution in [0.3, 0.4) is 0 Å². The minimum Gasteiger partial charge on any atom is -0.462 e.